The van der Waals surface area contributed by atoms with Gasteiger partial charge in [0.25, 0.3) is 5.91 Å². The van der Waals surface area contributed by atoms with Crippen LogP contribution < -0.4 is 5.32 Å². The Kier molecular flexibility index (Phi) is 5.10. The van der Waals surface area contributed by atoms with Gasteiger partial charge < -0.3 is 14.6 Å². The number of amides is 1. The van der Waals surface area contributed by atoms with Gasteiger partial charge in [-0.1, -0.05) is 0 Å². The lowest BCUT2D eigenvalue weighted by Gasteiger charge is -2.39. The summed E-state index contributed by atoms with van der Waals surface area (Å²) in [5.41, 5.74) is 0.230. The molecular formula is C14H23N3O2S. The number of carbonyl (C=O) groups excluding carboxylic acids is 1. The zero-order valence-electron chi connectivity index (χ0n) is 12.4. The highest BCUT2D eigenvalue weighted by atomic mass is 32.2. The molecule has 1 aliphatic heterocycles. The van der Waals surface area contributed by atoms with Crippen LogP contribution in [-0.4, -0.2) is 53.0 Å². The second-order valence-electron chi connectivity index (χ2n) is 5.60. The fourth-order valence-electron chi connectivity index (χ4n) is 2.42. The van der Waals surface area contributed by atoms with Crippen molar-refractivity contribution in [2.45, 2.75) is 32.2 Å². The van der Waals surface area contributed by atoms with Crippen molar-refractivity contribution in [3.63, 3.8) is 0 Å². The summed E-state index contributed by atoms with van der Waals surface area (Å²) >= 11 is 1.88. The van der Waals surface area contributed by atoms with E-state index in [0.29, 0.717) is 11.6 Å². The molecule has 1 aromatic rings. The van der Waals surface area contributed by atoms with Gasteiger partial charge in [0.1, 0.15) is 6.26 Å². The van der Waals surface area contributed by atoms with Crippen molar-refractivity contribution >= 4 is 17.7 Å². The maximum absolute atomic E-state index is 12.1. The maximum atomic E-state index is 12.1. The van der Waals surface area contributed by atoms with E-state index in [1.807, 2.05) is 11.8 Å². The molecule has 2 rings (SSSR count). The van der Waals surface area contributed by atoms with Gasteiger partial charge in [0.15, 0.2) is 11.6 Å². The Balaban J connectivity index is 1.85. The number of hydrogen-bond donors (Lipinski definition) is 1. The van der Waals surface area contributed by atoms with Gasteiger partial charge in [0.05, 0.1) is 0 Å². The van der Waals surface area contributed by atoms with Crippen molar-refractivity contribution in [3.8, 4) is 0 Å². The van der Waals surface area contributed by atoms with Gasteiger partial charge in [-0.2, -0.15) is 11.8 Å². The number of piperidine rings is 1. The summed E-state index contributed by atoms with van der Waals surface area (Å²) in [5.74, 6) is 1.55. The average Bonchev–Trinajstić information content (AvgIpc) is 2.85. The molecule has 2 heterocycles. The number of aromatic nitrogens is 1. The van der Waals surface area contributed by atoms with Crippen molar-refractivity contribution in [2.75, 3.05) is 31.6 Å². The van der Waals surface area contributed by atoms with E-state index in [0.717, 1.165) is 32.5 Å². The van der Waals surface area contributed by atoms with E-state index >= 15 is 0 Å². The number of carbonyl (C=O) groups is 1. The summed E-state index contributed by atoms with van der Waals surface area (Å²) in [7, 11) is 0. The third-order valence-electron chi connectivity index (χ3n) is 3.84. The van der Waals surface area contributed by atoms with Crippen molar-refractivity contribution in [1.82, 2.24) is 15.2 Å². The SMILES string of the molecule is CSCCN1CCC(C)(NC(=O)c2coc(C)n2)CC1. The summed E-state index contributed by atoms with van der Waals surface area (Å²) in [6.07, 6.45) is 5.50. The van der Waals surface area contributed by atoms with Crippen LogP contribution >= 0.6 is 11.8 Å². The summed E-state index contributed by atoms with van der Waals surface area (Å²) in [6, 6.07) is 0. The Bertz CT molecular complexity index is 453. The van der Waals surface area contributed by atoms with E-state index < -0.39 is 0 Å². The summed E-state index contributed by atoms with van der Waals surface area (Å²) in [6.45, 7) is 7.06. The first-order valence-corrected chi connectivity index (χ1v) is 8.38. The second kappa shape index (κ2) is 6.63. The highest BCUT2D eigenvalue weighted by Gasteiger charge is 2.32. The largest absolute Gasteiger partial charge is 0.448 e. The molecule has 0 unspecified atom stereocenters. The number of nitrogens with zero attached hydrogens (tertiary/aromatic N) is 2. The number of hydrogen-bond acceptors (Lipinski definition) is 5. The van der Waals surface area contributed by atoms with Crippen molar-refractivity contribution in [1.29, 1.82) is 0 Å². The van der Waals surface area contributed by atoms with Crippen LogP contribution in [0.4, 0.5) is 0 Å². The number of nitrogens with one attached hydrogen (secondary N) is 1. The highest BCUT2D eigenvalue weighted by molar-refractivity contribution is 7.98. The molecule has 5 nitrogen and oxygen atoms in total. The Morgan fingerprint density at radius 2 is 2.25 bits per heavy atom. The first kappa shape index (κ1) is 15.4. The standard InChI is InChI=1S/C14H23N3O2S/c1-11-15-12(10-19-11)13(18)16-14(2)4-6-17(7-5-14)8-9-20-3/h10H,4-9H2,1-3H3,(H,16,18). The topological polar surface area (TPSA) is 58.4 Å². The maximum Gasteiger partial charge on any atom is 0.273 e. The van der Waals surface area contributed by atoms with Crippen LogP contribution in [0, 0.1) is 6.92 Å². The molecule has 0 aromatic carbocycles. The molecule has 1 aliphatic rings. The number of aryl methyl sites for hydroxylation is 1. The number of rotatable bonds is 5. The molecule has 20 heavy (non-hydrogen) atoms. The quantitative estimate of drug-likeness (QED) is 0.900. The molecule has 0 spiro atoms. The van der Waals surface area contributed by atoms with Gasteiger partial charge in [-0.05, 0) is 26.0 Å². The molecule has 1 N–H and O–H groups in total. The van der Waals surface area contributed by atoms with E-state index in [1.165, 1.54) is 12.0 Å². The number of oxazole rings is 1. The third kappa shape index (κ3) is 3.99. The van der Waals surface area contributed by atoms with E-state index in [-0.39, 0.29) is 11.4 Å². The van der Waals surface area contributed by atoms with E-state index in [1.54, 1.807) is 6.92 Å². The predicted octanol–water partition coefficient (Wildman–Crippen LogP) is 1.93. The van der Waals surface area contributed by atoms with Gasteiger partial charge in [-0.25, -0.2) is 4.98 Å². The number of likely N-dealkylation sites (tertiary alicyclic amines) is 1. The minimum atomic E-state index is -0.139. The van der Waals surface area contributed by atoms with Crippen LogP contribution in [0.3, 0.4) is 0 Å². The van der Waals surface area contributed by atoms with Crippen LogP contribution in [0.2, 0.25) is 0 Å². The molecule has 1 amide bonds. The van der Waals surface area contributed by atoms with Crippen molar-refractivity contribution in [3.05, 3.63) is 17.8 Å². The lowest BCUT2D eigenvalue weighted by Crippen LogP contribution is -2.53. The summed E-state index contributed by atoms with van der Waals surface area (Å²) in [4.78, 5) is 18.7. The molecule has 112 valence electrons. The first-order chi connectivity index (χ1) is 9.52. The minimum absolute atomic E-state index is 0.137. The molecule has 0 aliphatic carbocycles. The fraction of sp³-hybridized carbons (Fsp3) is 0.714. The van der Waals surface area contributed by atoms with Crippen LogP contribution in [-0.2, 0) is 0 Å². The summed E-state index contributed by atoms with van der Waals surface area (Å²) < 4.78 is 5.09. The van der Waals surface area contributed by atoms with Crippen LogP contribution in [0.1, 0.15) is 36.1 Å². The van der Waals surface area contributed by atoms with Gasteiger partial charge in [0.2, 0.25) is 0 Å². The van der Waals surface area contributed by atoms with Crippen molar-refractivity contribution in [2.24, 2.45) is 0 Å². The Hall–Kier alpha value is -1.01. The van der Waals surface area contributed by atoms with Crippen LogP contribution in [0.5, 0.6) is 0 Å². The third-order valence-corrected chi connectivity index (χ3v) is 4.43. The van der Waals surface area contributed by atoms with Gasteiger partial charge in [-0.3, -0.25) is 4.79 Å². The molecule has 0 saturated carbocycles. The van der Waals surface area contributed by atoms with Crippen LogP contribution in [0.25, 0.3) is 0 Å². The molecule has 0 atom stereocenters. The predicted molar refractivity (Wildman–Crippen MR) is 81.2 cm³/mol. The summed E-state index contributed by atoms with van der Waals surface area (Å²) in [5, 5.41) is 3.11. The molecule has 1 fully saturated rings. The van der Waals surface area contributed by atoms with Crippen LogP contribution in [0.15, 0.2) is 10.7 Å². The monoisotopic (exact) mass is 297 g/mol. The molecule has 0 radical (unpaired) electrons. The Morgan fingerprint density at radius 1 is 1.55 bits per heavy atom. The lowest BCUT2D eigenvalue weighted by atomic mass is 9.89. The molecule has 1 aromatic heterocycles. The van der Waals surface area contributed by atoms with Gasteiger partial charge >= 0.3 is 0 Å². The molecule has 6 heteroatoms. The zero-order chi connectivity index (χ0) is 14.6. The normalized spacial score (nSPS) is 18.9. The lowest BCUT2D eigenvalue weighted by molar-refractivity contribution is 0.0835. The van der Waals surface area contributed by atoms with Gasteiger partial charge in [0, 0.05) is 37.8 Å². The molecule has 1 saturated heterocycles. The second-order valence-corrected chi connectivity index (χ2v) is 6.59. The van der Waals surface area contributed by atoms with E-state index in [9.17, 15) is 4.79 Å². The first-order valence-electron chi connectivity index (χ1n) is 6.98. The van der Waals surface area contributed by atoms with E-state index in [2.05, 4.69) is 28.4 Å². The van der Waals surface area contributed by atoms with Crippen molar-refractivity contribution < 1.29 is 9.21 Å². The smallest absolute Gasteiger partial charge is 0.273 e. The number of thioether (sulfide) groups is 1. The Labute approximate surface area is 124 Å². The molecular weight excluding hydrogens is 274 g/mol. The highest BCUT2D eigenvalue weighted by Crippen LogP contribution is 2.22. The average molecular weight is 297 g/mol. The Morgan fingerprint density at radius 3 is 2.80 bits per heavy atom. The minimum Gasteiger partial charge on any atom is -0.448 e. The fourth-order valence-corrected chi connectivity index (χ4v) is 2.86. The molecule has 0 bridgehead atoms. The van der Waals surface area contributed by atoms with E-state index in [4.69, 9.17) is 4.42 Å². The van der Waals surface area contributed by atoms with Gasteiger partial charge in [-0.15, -0.1) is 0 Å². The zero-order valence-corrected chi connectivity index (χ0v) is 13.3.